The second kappa shape index (κ2) is 9.87. The molecule has 0 bridgehead atoms. The maximum atomic E-state index is 5.59. The Hall–Kier alpha value is -1.99. The lowest BCUT2D eigenvalue weighted by molar-refractivity contribution is 0.0965. The average molecular weight is 439 g/mol. The molecule has 3 fully saturated rings. The van der Waals surface area contributed by atoms with Crippen molar-refractivity contribution in [2.45, 2.75) is 76.8 Å². The molecule has 0 radical (unpaired) electrons. The molecule has 2 aromatic rings. The molecule has 7 heteroatoms. The van der Waals surface area contributed by atoms with Crippen LogP contribution in [0.4, 0.5) is 5.82 Å². The van der Waals surface area contributed by atoms with Crippen molar-refractivity contribution in [3.63, 3.8) is 0 Å². The number of likely N-dealkylation sites (tertiary alicyclic amines) is 1. The van der Waals surface area contributed by atoms with Crippen molar-refractivity contribution < 1.29 is 4.52 Å². The van der Waals surface area contributed by atoms with Crippen molar-refractivity contribution in [3.8, 4) is 11.5 Å². The van der Waals surface area contributed by atoms with E-state index >= 15 is 0 Å². The molecule has 0 unspecified atom stereocenters. The number of rotatable bonds is 5. The Morgan fingerprint density at radius 1 is 0.875 bits per heavy atom. The second-order valence-electron chi connectivity index (χ2n) is 10.1. The lowest BCUT2D eigenvalue weighted by atomic mass is 10.0. The predicted molar refractivity (Wildman–Crippen MR) is 127 cm³/mol. The van der Waals surface area contributed by atoms with Crippen LogP contribution in [0.2, 0.25) is 0 Å². The fourth-order valence-electron chi connectivity index (χ4n) is 5.70. The molecule has 7 nitrogen and oxygen atoms in total. The highest BCUT2D eigenvalue weighted by atomic mass is 16.5. The van der Waals surface area contributed by atoms with Gasteiger partial charge in [-0.3, -0.25) is 4.90 Å². The molecule has 0 spiro atoms. The van der Waals surface area contributed by atoms with Gasteiger partial charge in [0.05, 0.1) is 0 Å². The molecule has 5 rings (SSSR count). The molecule has 4 heterocycles. The number of pyridine rings is 1. The van der Waals surface area contributed by atoms with Crippen LogP contribution in [-0.2, 0) is 0 Å². The summed E-state index contributed by atoms with van der Waals surface area (Å²) < 4.78 is 5.59. The first-order valence-electron chi connectivity index (χ1n) is 12.7. The quantitative estimate of drug-likeness (QED) is 0.694. The number of piperidine rings is 1. The van der Waals surface area contributed by atoms with E-state index in [1.807, 2.05) is 6.07 Å². The van der Waals surface area contributed by atoms with E-state index in [4.69, 9.17) is 9.51 Å². The molecule has 0 amide bonds. The van der Waals surface area contributed by atoms with Crippen molar-refractivity contribution in [3.05, 3.63) is 24.1 Å². The Morgan fingerprint density at radius 2 is 1.69 bits per heavy atom. The van der Waals surface area contributed by atoms with Gasteiger partial charge in [0.1, 0.15) is 11.5 Å². The smallest absolute Gasteiger partial charge is 0.230 e. The van der Waals surface area contributed by atoms with Crippen LogP contribution in [0.15, 0.2) is 22.7 Å². The fourth-order valence-corrected chi connectivity index (χ4v) is 5.70. The molecule has 0 aromatic carbocycles. The normalized spacial score (nSPS) is 22.7. The topological polar surface area (TPSA) is 61.5 Å². The molecule has 2 saturated heterocycles. The molecule has 0 N–H and O–H groups in total. The van der Waals surface area contributed by atoms with Gasteiger partial charge >= 0.3 is 0 Å². The maximum Gasteiger partial charge on any atom is 0.230 e. The molecular formula is C25H38N6O. The third-order valence-electron chi connectivity index (χ3n) is 7.71. The first-order chi connectivity index (χ1) is 15.7. The van der Waals surface area contributed by atoms with Crippen molar-refractivity contribution in [1.82, 2.24) is 24.9 Å². The van der Waals surface area contributed by atoms with E-state index in [0.29, 0.717) is 17.8 Å². The Bertz CT molecular complexity index is 869. The minimum atomic E-state index is 0.434. The minimum Gasteiger partial charge on any atom is -0.355 e. The van der Waals surface area contributed by atoms with Gasteiger partial charge in [-0.1, -0.05) is 24.1 Å². The highest BCUT2D eigenvalue weighted by Crippen LogP contribution is 2.34. The van der Waals surface area contributed by atoms with Crippen molar-refractivity contribution in [2.24, 2.45) is 0 Å². The summed E-state index contributed by atoms with van der Waals surface area (Å²) >= 11 is 0. The SMILES string of the molecule is CC(C)N1CCC(N2CCCN(c3cccc(-c4noc(C5CCCC5)n4)n3)CC2)CC1. The number of nitrogens with zero attached hydrogens (tertiary/aromatic N) is 6. The first-order valence-corrected chi connectivity index (χ1v) is 12.7. The summed E-state index contributed by atoms with van der Waals surface area (Å²) in [6.45, 7) is 11.5. The van der Waals surface area contributed by atoms with Gasteiger partial charge in [-0.05, 0) is 71.2 Å². The number of hydrogen-bond acceptors (Lipinski definition) is 7. The highest BCUT2D eigenvalue weighted by Gasteiger charge is 2.28. The van der Waals surface area contributed by atoms with E-state index in [1.54, 1.807) is 0 Å². The van der Waals surface area contributed by atoms with Crippen LogP contribution in [0.5, 0.6) is 0 Å². The van der Waals surface area contributed by atoms with Crippen LogP contribution in [0.25, 0.3) is 11.5 Å². The molecule has 0 atom stereocenters. The number of hydrogen-bond donors (Lipinski definition) is 0. The summed E-state index contributed by atoms with van der Waals surface area (Å²) in [5.41, 5.74) is 0.817. The van der Waals surface area contributed by atoms with Crippen LogP contribution >= 0.6 is 0 Å². The molecular weight excluding hydrogens is 400 g/mol. The summed E-state index contributed by atoms with van der Waals surface area (Å²) in [4.78, 5) is 17.4. The summed E-state index contributed by atoms with van der Waals surface area (Å²) in [5.74, 6) is 2.88. The first kappa shape index (κ1) is 21.8. The zero-order valence-corrected chi connectivity index (χ0v) is 19.7. The van der Waals surface area contributed by atoms with Gasteiger partial charge in [-0.2, -0.15) is 4.98 Å². The molecule has 1 aliphatic carbocycles. The molecule has 2 aliphatic heterocycles. The summed E-state index contributed by atoms with van der Waals surface area (Å²) in [6.07, 6.45) is 8.63. The molecule has 1 saturated carbocycles. The maximum absolute atomic E-state index is 5.59. The lowest BCUT2D eigenvalue weighted by Gasteiger charge is -2.39. The van der Waals surface area contributed by atoms with Crippen molar-refractivity contribution in [2.75, 3.05) is 44.2 Å². The Morgan fingerprint density at radius 3 is 2.47 bits per heavy atom. The second-order valence-corrected chi connectivity index (χ2v) is 10.1. The van der Waals surface area contributed by atoms with E-state index in [-0.39, 0.29) is 0 Å². The summed E-state index contributed by atoms with van der Waals surface area (Å²) in [6, 6.07) is 7.60. The third kappa shape index (κ3) is 4.84. The molecule has 3 aliphatic rings. The Kier molecular flexibility index (Phi) is 6.74. The van der Waals surface area contributed by atoms with E-state index in [1.165, 1.54) is 51.7 Å². The van der Waals surface area contributed by atoms with E-state index < -0.39 is 0 Å². The molecule has 174 valence electrons. The number of aromatic nitrogens is 3. The van der Waals surface area contributed by atoms with Crippen molar-refractivity contribution in [1.29, 1.82) is 0 Å². The van der Waals surface area contributed by atoms with Gasteiger partial charge < -0.3 is 14.3 Å². The van der Waals surface area contributed by atoms with Crippen LogP contribution in [0.3, 0.4) is 0 Å². The molecule has 32 heavy (non-hydrogen) atoms. The number of anilines is 1. The summed E-state index contributed by atoms with van der Waals surface area (Å²) in [7, 11) is 0. The fraction of sp³-hybridized carbons (Fsp3) is 0.720. The van der Waals surface area contributed by atoms with Gasteiger partial charge in [-0.15, -0.1) is 0 Å². The zero-order chi connectivity index (χ0) is 21.9. The standard InChI is InChI=1S/C25H38N6O/c1-19(2)29-15-11-21(12-16-29)30-13-6-14-31(18-17-30)23-10-5-9-22(26-23)24-27-25(32-28-24)20-7-3-4-8-20/h5,9-10,19-21H,3-4,6-8,11-18H2,1-2H3. The van der Waals surface area contributed by atoms with Gasteiger partial charge in [0.25, 0.3) is 0 Å². The third-order valence-corrected chi connectivity index (χ3v) is 7.71. The van der Waals surface area contributed by atoms with Gasteiger partial charge in [0, 0.05) is 44.2 Å². The molecule has 2 aromatic heterocycles. The van der Waals surface area contributed by atoms with Gasteiger partial charge in [0.2, 0.25) is 11.7 Å². The predicted octanol–water partition coefficient (Wildman–Crippen LogP) is 4.17. The highest BCUT2D eigenvalue weighted by molar-refractivity contribution is 5.53. The average Bonchev–Trinajstić information content (AvgIpc) is 3.47. The van der Waals surface area contributed by atoms with E-state index in [2.05, 4.69) is 50.8 Å². The lowest BCUT2D eigenvalue weighted by Crippen LogP contribution is -2.47. The van der Waals surface area contributed by atoms with Gasteiger partial charge in [0.15, 0.2) is 0 Å². The van der Waals surface area contributed by atoms with E-state index in [9.17, 15) is 0 Å². The van der Waals surface area contributed by atoms with Crippen LogP contribution in [0.1, 0.15) is 70.6 Å². The largest absolute Gasteiger partial charge is 0.355 e. The van der Waals surface area contributed by atoms with E-state index in [0.717, 1.165) is 55.9 Å². The van der Waals surface area contributed by atoms with Crippen molar-refractivity contribution >= 4 is 5.82 Å². The van der Waals surface area contributed by atoms with Crippen LogP contribution in [-0.4, -0.2) is 76.3 Å². The van der Waals surface area contributed by atoms with Gasteiger partial charge in [-0.25, -0.2) is 4.98 Å². The Balaban J connectivity index is 1.21. The minimum absolute atomic E-state index is 0.434. The Labute approximate surface area is 192 Å². The zero-order valence-electron chi connectivity index (χ0n) is 19.7. The summed E-state index contributed by atoms with van der Waals surface area (Å²) in [5, 5.41) is 4.25. The monoisotopic (exact) mass is 438 g/mol. The van der Waals surface area contributed by atoms with Crippen LogP contribution in [0, 0.1) is 0 Å². The van der Waals surface area contributed by atoms with Crippen LogP contribution < -0.4 is 4.90 Å².